The van der Waals surface area contributed by atoms with Crippen LogP contribution >= 0.6 is 0 Å². The number of pyridine rings is 1. The minimum Gasteiger partial charge on any atom is -0.360 e. The molecule has 7 heteroatoms. The summed E-state index contributed by atoms with van der Waals surface area (Å²) in [5, 5.41) is 23.1. The van der Waals surface area contributed by atoms with Gasteiger partial charge in [-0.3, -0.25) is 10.1 Å². The molecule has 0 aliphatic heterocycles. The summed E-state index contributed by atoms with van der Waals surface area (Å²) in [7, 11) is 0. The molecule has 0 fully saturated rings. The molecule has 3 aromatic rings. The maximum Gasteiger partial charge on any atom is 0.314 e. The van der Waals surface area contributed by atoms with Gasteiger partial charge in [-0.05, 0) is 36.2 Å². The molecular formula is C19H17N5O2. The van der Waals surface area contributed by atoms with Gasteiger partial charge in [0, 0.05) is 30.2 Å². The molecule has 1 N–H and O–H groups in total. The smallest absolute Gasteiger partial charge is 0.314 e. The first-order chi connectivity index (χ1) is 12.6. The van der Waals surface area contributed by atoms with Crippen LogP contribution in [0.25, 0.3) is 11.3 Å². The summed E-state index contributed by atoms with van der Waals surface area (Å²) in [5.41, 5.74) is 3.53. The van der Waals surface area contributed by atoms with Crippen LogP contribution in [0.1, 0.15) is 11.1 Å². The van der Waals surface area contributed by atoms with Crippen molar-refractivity contribution in [3.8, 4) is 17.3 Å². The second-order valence-corrected chi connectivity index (χ2v) is 5.81. The van der Waals surface area contributed by atoms with Gasteiger partial charge < -0.3 is 9.88 Å². The summed E-state index contributed by atoms with van der Waals surface area (Å²) in [5.74, 6) is 0.266. The van der Waals surface area contributed by atoms with Gasteiger partial charge in [-0.15, -0.1) is 0 Å². The molecule has 130 valence electrons. The number of nitro groups is 1. The second kappa shape index (κ2) is 7.49. The highest BCUT2D eigenvalue weighted by atomic mass is 16.6. The van der Waals surface area contributed by atoms with E-state index >= 15 is 0 Å². The summed E-state index contributed by atoms with van der Waals surface area (Å²) < 4.78 is 1.88. The highest BCUT2D eigenvalue weighted by molar-refractivity contribution is 5.62. The molecule has 26 heavy (non-hydrogen) atoms. The number of benzene rings is 1. The van der Waals surface area contributed by atoms with Crippen molar-refractivity contribution in [2.24, 2.45) is 0 Å². The first-order valence-corrected chi connectivity index (χ1v) is 8.05. The zero-order chi connectivity index (χ0) is 18.5. The van der Waals surface area contributed by atoms with Crippen LogP contribution in [0.4, 0.5) is 11.5 Å². The van der Waals surface area contributed by atoms with E-state index in [1.807, 2.05) is 47.2 Å². The van der Waals surface area contributed by atoms with Gasteiger partial charge in [0.05, 0.1) is 11.0 Å². The number of hydrogen-bond donors (Lipinski definition) is 1. The van der Waals surface area contributed by atoms with Crippen LogP contribution in [-0.4, -0.2) is 14.5 Å². The van der Waals surface area contributed by atoms with Gasteiger partial charge in [-0.25, -0.2) is 4.98 Å². The third-order valence-corrected chi connectivity index (χ3v) is 4.09. The van der Waals surface area contributed by atoms with Crippen molar-refractivity contribution in [2.45, 2.75) is 20.0 Å². The zero-order valence-electron chi connectivity index (χ0n) is 14.2. The quantitative estimate of drug-likeness (QED) is 0.539. The van der Waals surface area contributed by atoms with Crippen LogP contribution in [0, 0.1) is 28.4 Å². The fourth-order valence-electron chi connectivity index (χ4n) is 2.78. The van der Waals surface area contributed by atoms with Crippen molar-refractivity contribution in [3.05, 3.63) is 76.1 Å². The molecule has 0 bridgehead atoms. The predicted octanol–water partition coefficient (Wildman–Crippen LogP) is 3.90. The van der Waals surface area contributed by atoms with Crippen molar-refractivity contribution in [1.29, 1.82) is 5.26 Å². The first-order valence-electron chi connectivity index (χ1n) is 8.05. The maximum atomic E-state index is 11.2. The fraction of sp³-hybridized carbons (Fsp3) is 0.158. The summed E-state index contributed by atoms with van der Waals surface area (Å²) in [6.45, 7) is 2.42. The molecule has 7 nitrogen and oxygen atoms in total. The SMILES string of the molecule is Cc1ccnc(NCc2ccc(-c3cccn3CC#N)cc2)c1[N+](=O)[O-]. The number of anilines is 1. The fourth-order valence-corrected chi connectivity index (χ4v) is 2.78. The van der Waals surface area contributed by atoms with E-state index in [-0.39, 0.29) is 11.5 Å². The summed E-state index contributed by atoms with van der Waals surface area (Å²) in [6.07, 6.45) is 3.42. The molecule has 0 amide bonds. The summed E-state index contributed by atoms with van der Waals surface area (Å²) in [4.78, 5) is 14.9. The Bertz CT molecular complexity index is 970. The number of aryl methyl sites for hydroxylation is 1. The van der Waals surface area contributed by atoms with Crippen LogP contribution in [0.3, 0.4) is 0 Å². The van der Waals surface area contributed by atoms with Gasteiger partial charge >= 0.3 is 5.69 Å². The molecule has 0 unspecified atom stereocenters. The van der Waals surface area contributed by atoms with Crippen molar-refractivity contribution in [3.63, 3.8) is 0 Å². The minimum atomic E-state index is -0.420. The van der Waals surface area contributed by atoms with Crippen LogP contribution < -0.4 is 5.32 Å². The second-order valence-electron chi connectivity index (χ2n) is 5.81. The topological polar surface area (TPSA) is 96.8 Å². The van der Waals surface area contributed by atoms with Gasteiger partial charge in [-0.1, -0.05) is 24.3 Å². The highest BCUT2D eigenvalue weighted by Gasteiger charge is 2.18. The van der Waals surface area contributed by atoms with Gasteiger partial charge in [0.15, 0.2) is 0 Å². The van der Waals surface area contributed by atoms with E-state index in [2.05, 4.69) is 16.4 Å². The summed E-state index contributed by atoms with van der Waals surface area (Å²) in [6, 6.07) is 15.5. The molecule has 1 aromatic carbocycles. The highest BCUT2D eigenvalue weighted by Crippen LogP contribution is 2.26. The van der Waals surface area contributed by atoms with Crippen LogP contribution in [0.2, 0.25) is 0 Å². The van der Waals surface area contributed by atoms with E-state index in [0.29, 0.717) is 18.7 Å². The van der Waals surface area contributed by atoms with Crippen LogP contribution in [0.5, 0.6) is 0 Å². The van der Waals surface area contributed by atoms with E-state index < -0.39 is 4.92 Å². The molecule has 0 spiro atoms. The van der Waals surface area contributed by atoms with Crippen LogP contribution in [0.15, 0.2) is 54.9 Å². The third kappa shape index (κ3) is 3.54. The Labute approximate surface area is 150 Å². The van der Waals surface area contributed by atoms with Crippen molar-refractivity contribution >= 4 is 11.5 Å². The van der Waals surface area contributed by atoms with Crippen molar-refractivity contribution in [2.75, 3.05) is 5.32 Å². The Morgan fingerprint density at radius 1 is 1.27 bits per heavy atom. The molecule has 2 heterocycles. The molecule has 0 radical (unpaired) electrons. The average Bonchev–Trinajstić information content (AvgIpc) is 3.08. The Kier molecular flexibility index (Phi) is 4.94. The summed E-state index contributed by atoms with van der Waals surface area (Å²) >= 11 is 0. The molecular weight excluding hydrogens is 330 g/mol. The zero-order valence-corrected chi connectivity index (χ0v) is 14.2. The minimum absolute atomic E-state index is 0.00143. The Balaban J connectivity index is 1.75. The van der Waals surface area contributed by atoms with Crippen LogP contribution in [-0.2, 0) is 13.1 Å². The molecule has 0 atom stereocenters. The number of nitrogens with zero attached hydrogens (tertiary/aromatic N) is 4. The number of aromatic nitrogens is 2. The standard InChI is InChI=1S/C19H17N5O2/c1-14-8-10-21-19(18(14)24(25)26)22-13-15-4-6-16(7-5-15)17-3-2-11-23(17)12-9-20/h2-8,10-11H,12-13H2,1H3,(H,21,22). The lowest BCUT2D eigenvalue weighted by molar-refractivity contribution is -0.384. The molecule has 2 aromatic heterocycles. The lowest BCUT2D eigenvalue weighted by atomic mass is 10.1. The van der Waals surface area contributed by atoms with E-state index in [9.17, 15) is 10.1 Å². The monoisotopic (exact) mass is 347 g/mol. The van der Waals surface area contributed by atoms with E-state index in [0.717, 1.165) is 16.8 Å². The molecule has 0 aliphatic rings. The Morgan fingerprint density at radius 2 is 2.04 bits per heavy atom. The lowest BCUT2D eigenvalue weighted by Crippen LogP contribution is -2.05. The van der Waals surface area contributed by atoms with E-state index in [1.165, 1.54) is 0 Å². The molecule has 3 rings (SSSR count). The van der Waals surface area contributed by atoms with E-state index in [1.54, 1.807) is 19.2 Å². The van der Waals surface area contributed by atoms with Gasteiger partial charge in [0.1, 0.15) is 6.54 Å². The average molecular weight is 347 g/mol. The molecule has 0 aliphatic carbocycles. The molecule has 0 saturated carbocycles. The number of nitriles is 1. The predicted molar refractivity (Wildman–Crippen MR) is 98.4 cm³/mol. The number of rotatable bonds is 6. The van der Waals surface area contributed by atoms with Crippen molar-refractivity contribution in [1.82, 2.24) is 9.55 Å². The number of nitrogens with one attached hydrogen (secondary N) is 1. The first kappa shape index (κ1) is 17.2. The normalized spacial score (nSPS) is 10.3. The van der Waals surface area contributed by atoms with Gasteiger partial charge in [0.25, 0.3) is 0 Å². The maximum absolute atomic E-state index is 11.2. The van der Waals surface area contributed by atoms with E-state index in [4.69, 9.17) is 5.26 Å². The third-order valence-electron chi connectivity index (χ3n) is 4.09. The Hall–Kier alpha value is -3.66. The van der Waals surface area contributed by atoms with Gasteiger partial charge in [-0.2, -0.15) is 5.26 Å². The number of hydrogen-bond acceptors (Lipinski definition) is 5. The molecule has 0 saturated heterocycles. The largest absolute Gasteiger partial charge is 0.360 e. The Morgan fingerprint density at radius 3 is 2.73 bits per heavy atom. The van der Waals surface area contributed by atoms with Gasteiger partial charge in [0.2, 0.25) is 5.82 Å². The van der Waals surface area contributed by atoms with Crippen molar-refractivity contribution < 1.29 is 4.92 Å². The lowest BCUT2D eigenvalue weighted by Gasteiger charge is -2.09.